The van der Waals surface area contributed by atoms with Crippen molar-refractivity contribution in [3.63, 3.8) is 0 Å². The van der Waals surface area contributed by atoms with Gasteiger partial charge in [0, 0.05) is 5.02 Å². The third-order valence-electron chi connectivity index (χ3n) is 2.11. The number of nitrogens with zero attached hydrogens (tertiary/aromatic N) is 1. The standard InChI is InChI=1S/C12H10ClNO/c1-9-11(13)5-2-6-12(9)14-8-10-4-3-7-15-10/h2-8H,1H3. The molecule has 2 aromatic rings. The van der Waals surface area contributed by atoms with Crippen LogP contribution in [0.3, 0.4) is 0 Å². The van der Waals surface area contributed by atoms with Gasteiger partial charge in [0.1, 0.15) is 5.76 Å². The van der Waals surface area contributed by atoms with Crippen molar-refractivity contribution in [3.8, 4) is 0 Å². The molecule has 2 rings (SSSR count). The van der Waals surface area contributed by atoms with E-state index in [1.54, 1.807) is 12.5 Å². The van der Waals surface area contributed by atoms with E-state index in [1.165, 1.54) is 0 Å². The summed E-state index contributed by atoms with van der Waals surface area (Å²) < 4.78 is 5.14. The van der Waals surface area contributed by atoms with Gasteiger partial charge >= 0.3 is 0 Å². The predicted molar refractivity (Wildman–Crippen MR) is 62.2 cm³/mol. The van der Waals surface area contributed by atoms with Crippen molar-refractivity contribution < 1.29 is 4.42 Å². The van der Waals surface area contributed by atoms with E-state index in [0.717, 1.165) is 22.0 Å². The van der Waals surface area contributed by atoms with Gasteiger partial charge in [-0.15, -0.1) is 0 Å². The summed E-state index contributed by atoms with van der Waals surface area (Å²) in [4.78, 5) is 4.31. The van der Waals surface area contributed by atoms with Crippen molar-refractivity contribution in [3.05, 3.63) is 52.9 Å². The first-order valence-electron chi connectivity index (χ1n) is 4.60. The van der Waals surface area contributed by atoms with E-state index < -0.39 is 0 Å². The smallest absolute Gasteiger partial charge is 0.144 e. The van der Waals surface area contributed by atoms with Gasteiger partial charge in [0.15, 0.2) is 0 Å². The van der Waals surface area contributed by atoms with Gasteiger partial charge in [-0.2, -0.15) is 0 Å². The van der Waals surface area contributed by atoms with E-state index in [0.29, 0.717) is 0 Å². The first-order valence-corrected chi connectivity index (χ1v) is 4.98. The molecule has 1 aromatic carbocycles. The van der Waals surface area contributed by atoms with E-state index in [-0.39, 0.29) is 0 Å². The second kappa shape index (κ2) is 4.32. The molecule has 0 N–H and O–H groups in total. The average Bonchev–Trinajstić information content (AvgIpc) is 2.73. The molecular weight excluding hydrogens is 210 g/mol. The summed E-state index contributed by atoms with van der Waals surface area (Å²) in [5.41, 5.74) is 1.83. The van der Waals surface area contributed by atoms with Crippen LogP contribution in [0.1, 0.15) is 11.3 Å². The van der Waals surface area contributed by atoms with Crippen LogP contribution in [-0.2, 0) is 0 Å². The number of furan rings is 1. The number of hydrogen-bond donors (Lipinski definition) is 0. The fourth-order valence-electron chi connectivity index (χ4n) is 1.23. The van der Waals surface area contributed by atoms with Gasteiger partial charge in [0.05, 0.1) is 18.2 Å². The Morgan fingerprint density at radius 2 is 2.13 bits per heavy atom. The molecule has 0 aliphatic carbocycles. The van der Waals surface area contributed by atoms with Crippen LogP contribution in [0.4, 0.5) is 5.69 Å². The fraction of sp³-hybridized carbons (Fsp3) is 0.0833. The lowest BCUT2D eigenvalue weighted by Crippen LogP contribution is -1.78. The molecule has 0 aliphatic rings. The van der Waals surface area contributed by atoms with Crippen molar-refractivity contribution in [2.45, 2.75) is 6.92 Å². The van der Waals surface area contributed by atoms with Gasteiger partial charge in [0.25, 0.3) is 0 Å². The highest BCUT2D eigenvalue weighted by atomic mass is 35.5. The lowest BCUT2D eigenvalue weighted by atomic mass is 10.2. The zero-order chi connectivity index (χ0) is 10.7. The van der Waals surface area contributed by atoms with Crippen LogP contribution < -0.4 is 0 Å². The molecule has 1 heterocycles. The van der Waals surface area contributed by atoms with Crippen molar-refractivity contribution in [1.82, 2.24) is 0 Å². The van der Waals surface area contributed by atoms with Gasteiger partial charge in [-0.25, -0.2) is 0 Å². The summed E-state index contributed by atoms with van der Waals surface area (Å²) in [6, 6.07) is 9.32. The molecule has 15 heavy (non-hydrogen) atoms. The Morgan fingerprint density at radius 1 is 1.27 bits per heavy atom. The van der Waals surface area contributed by atoms with Gasteiger partial charge in [0.2, 0.25) is 0 Å². The molecule has 3 heteroatoms. The lowest BCUT2D eigenvalue weighted by Gasteiger charge is -2.00. The molecule has 0 fully saturated rings. The number of rotatable bonds is 2. The molecule has 0 saturated carbocycles. The highest BCUT2D eigenvalue weighted by Gasteiger charge is 1.99. The minimum Gasteiger partial charge on any atom is -0.463 e. The summed E-state index contributed by atoms with van der Waals surface area (Å²) in [6.45, 7) is 1.94. The number of halogens is 1. The van der Waals surface area contributed by atoms with E-state index in [2.05, 4.69) is 4.99 Å². The molecule has 0 atom stereocenters. The van der Waals surface area contributed by atoms with Crippen LogP contribution in [0, 0.1) is 6.92 Å². The first kappa shape index (κ1) is 9.99. The summed E-state index contributed by atoms with van der Waals surface area (Å²) in [5, 5.41) is 0.726. The minimum atomic E-state index is 0.726. The Bertz CT molecular complexity index is 474. The fourth-order valence-corrected chi connectivity index (χ4v) is 1.40. The lowest BCUT2D eigenvalue weighted by molar-refractivity contribution is 0.560. The van der Waals surface area contributed by atoms with Gasteiger partial charge in [-0.3, -0.25) is 4.99 Å². The van der Waals surface area contributed by atoms with Crippen LogP contribution in [-0.4, -0.2) is 6.21 Å². The van der Waals surface area contributed by atoms with Crippen LogP contribution in [0.2, 0.25) is 5.02 Å². The van der Waals surface area contributed by atoms with Crippen molar-refractivity contribution in [2.24, 2.45) is 4.99 Å². The number of benzene rings is 1. The zero-order valence-corrected chi connectivity index (χ0v) is 9.03. The van der Waals surface area contributed by atoms with Crippen LogP contribution >= 0.6 is 11.6 Å². The first-order chi connectivity index (χ1) is 7.27. The average molecular weight is 220 g/mol. The third-order valence-corrected chi connectivity index (χ3v) is 2.52. The Kier molecular flexibility index (Phi) is 2.88. The topological polar surface area (TPSA) is 25.5 Å². The van der Waals surface area contributed by atoms with E-state index in [4.69, 9.17) is 16.0 Å². The molecule has 76 valence electrons. The molecule has 0 spiro atoms. The summed E-state index contributed by atoms with van der Waals surface area (Å²) >= 11 is 5.98. The molecule has 0 bridgehead atoms. The monoisotopic (exact) mass is 219 g/mol. The zero-order valence-electron chi connectivity index (χ0n) is 8.27. The second-order valence-corrected chi connectivity index (χ2v) is 3.56. The van der Waals surface area contributed by atoms with Gasteiger partial charge in [-0.05, 0) is 36.8 Å². The van der Waals surface area contributed by atoms with Gasteiger partial charge < -0.3 is 4.42 Å². The SMILES string of the molecule is Cc1c(Cl)cccc1N=Cc1ccco1. The van der Waals surface area contributed by atoms with E-state index in [1.807, 2.05) is 37.3 Å². The van der Waals surface area contributed by atoms with Crippen molar-refractivity contribution >= 4 is 23.5 Å². The Hall–Kier alpha value is -1.54. The van der Waals surface area contributed by atoms with E-state index >= 15 is 0 Å². The molecule has 1 aromatic heterocycles. The normalized spacial score (nSPS) is 11.1. The molecule has 0 amide bonds. The maximum Gasteiger partial charge on any atom is 0.144 e. The van der Waals surface area contributed by atoms with Crippen LogP contribution in [0.25, 0.3) is 0 Å². The molecule has 0 saturated heterocycles. The van der Waals surface area contributed by atoms with E-state index in [9.17, 15) is 0 Å². The molecule has 2 nitrogen and oxygen atoms in total. The highest BCUT2D eigenvalue weighted by Crippen LogP contribution is 2.25. The molecular formula is C12H10ClNO. The second-order valence-electron chi connectivity index (χ2n) is 3.16. The van der Waals surface area contributed by atoms with Gasteiger partial charge in [-0.1, -0.05) is 17.7 Å². The van der Waals surface area contributed by atoms with Crippen molar-refractivity contribution in [1.29, 1.82) is 0 Å². The number of aliphatic imine (C=N–C) groups is 1. The minimum absolute atomic E-state index is 0.726. The molecule has 0 unspecified atom stereocenters. The highest BCUT2D eigenvalue weighted by molar-refractivity contribution is 6.31. The summed E-state index contributed by atoms with van der Waals surface area (Å²) in [5.74, 6) is 0.731. The van der Waals surface area contributed by atoms with Crippen LogP contribution in [0.5, 0.6) is 0 Å². The Morgan fingerprint density at radius 3 is 2.87 bits per heavy atom. The van der Waals surface area contributed by atoms with Crippen molar-refractivity contribution in [2.75, 3.05) is 0 Å². The third kappa shape index (κ3) is 2.28. The number of hydrogen-bond acceptors (Lipinski definition) is 2. The quantitative estimate of drug-likeness (QED) is 0.701. The molecule has 0 radical (unpaired) electrons. The largest absolute Gasteiger partial charge is 0.463 e. The Balaban J connectivity index is 2.28. The predicted octanol–water partition coefficient (Wildman–Crippen LogP) is 3.99. The maximum absolute atomic E-state index is 5.98. The summed E-state index contributed by atoms with van der Waals surface area (Å²) in [6.07, 6.45) is 3.30. The molecule has 0 aliphatic heterocycles. The Labute approximate surface area is 93.2 Å². The van der Waals surface area contributed by atoms with Crippen LogP contribution in [0.15, 0.2) is 46.0 Å². The summed E-state index contributed by atoms with van der Waals surface area (Å²) in [7, 11) is 0. The maximum atomic E-state index is 5.98.